The minimum Gasteiger partial charge on any atom is -0.336 e. The molecular weight excluding hydrogens is 390 g/mol. The van der Waals surface area contributed by atoms with Crippen molar-refractivity contribution in [1.82, 2.24) is 24.4 Å². The number of piperidine rings is 1. The number of aromatic amines is 1. The molecule has 1 aliphatic heterocycles. The van der Waals surface area contributed by atoms with Crippen LogP contribution in [-0.4, -0.2) is 43.4 Å². The Morgan fingerprint density at radius 3 is 2.69 bits per heavy atom. The lowest BCUT2D eigenvalue weighted by Crippen LogP contribution is -2.45. The quantitative estimate of drug-likeness (QED) is 0.549. The summed E-state index contributed by atoms with van der Waals surface area (Å²) in [5.41, 5.74) is 0.311. The van der Waals surface area contributed by atoms with Crippen molar-refractivity contribution >= 4 is 38.5 Å². The Hall–Kier alpha value is -3.33. The number of likely N-dealkylation sites (tertiary alicyclic amines) is 1. The van der Waals surface area contributed by atoms with Gasteiger partial charge >= 0.3 is 5.69 Å². The fourth-order valence-corrected chi connectivity index (χ4v) is 4.75. The molecule has 1 aromatic carbocycles. The van der Waals surface area contributed by atoms with Crippen LogP contribution in [0.15, 0.2) is 52.2 Å². The summed E-state index contributed by atoms with van der Waals surface area (Å²) >= 11 is 1.38. The van der Waals surface area contributed by atoms with Crippen molar-refractivity contribution in [3.8, 4) is 0 Å². The van der Waals surface area contributed by atoms with E-state index in [0.717, 1.165) is 10.2 Å². The van der Waals surface area contributed by atoms with Gasteiger partial charge in [-0.2, -0.15) is 0 Å². The molecule has 0 saturated carbocycles. The fourth-order valence-electron chi connectivity index (χ4n) is 3.82. The Balaban J connectivity index is 1.38. The first-order valence-electron chi connectivity index (χ1n) is 9.36. The molecule has 5 rings (SSSR count). The molecule has 29 heavy (non-hydrogen) atoms. The molecule has 0 unspecified atom stereocenters. The lowest BCUT2D eigenvalue weighted by molar-refractivity contribution is 0.0692. The van der Waals surface area contributed by atoms with E-state index in [0.29, 0.717) is 42.0 Å². The van der Waals surface area contributed by atoms with Gasteiger partial charge < -0.3 is 4.90 Å². The number of hydrogen-bond donors (Lipinski definition) is 1. The molecule has 3 aromatic heterocycles. The highest BCUT2D eigenvalue weighted by Crippen LogP contribution is 2.26. The van der Waals surface area contributed by atoms with Crippen molar-refractivity contribution in [2.24, 2.45) is 0 Å². The standard InChI is InChI=1S/C20H17N5O3S/c26-18-13-4-3-9-21-16(13)23-20(28)25(18)12-7-10-24(11-8-12)19(27)17-22-14-5-1-2-6-15(14)29-17/h1-6,9,12H,7-8,10-11H2,(H,21,23,28). The van der Waals surface area contributed by atoms with E-state index in [-0.39, 0.29) is 17.5 Å². The van der Waals surface area contributed by atoms with Crippen molar-refractivity contribution in [2.45, 2.75) is 18.9 Å². The smallest absolute Gasteiger partial charge is 0.330 e. The Morgan fingerprint density at radius 2 is 1.90 bits per heavy atom. The molecule has 9 heteroatoms. The van der Waals surface area contributed by atoms with Gasteiger partial charge in [0, 0.05) is 25.3 Å². The number of carbonyl (C=O) groups excluding carboxylic acids is 1. The van der Waals surface area contributed by atoms with Gasteiger partial charge in [-0.05, 0) is 37.1 Å². The second kappa shape index (κ2) is 6.93. The number of H-pyrrole nitrogens is 1. The number of aromatic nitrogens is 4. The average molecular weight is 407 g/mol. The summed E-state index contributed by atoms with van der Waals surface area (Å²) < 4.78 is 2.25. The highest BCUT2D eigenvalue weighted by molar-refractivity contribution is 7.20. The molecule has 0 bridgehead atoms. The van der Waals surface area contributed by atoms with E-state index in [1.165, 1.54) is 22.1 Å². The number of pyridine rings is 1. The van der Waals surface area contributed by atoms with Gasteiger partial charge in [-0.3, -0.25) is 19.1 Å². The van der Waals surface area contributed by atoms with Gasteiger partial charge in [0.1, 0.15) is 5.65 Å². The first-order chi connectivity index (χ1) is 14.1. The van der Waals surface area contributed by atoms with Crippen LogP contribution in [0.4, 0.5) is 0 Å². The van der Waals surface area contributed by atoms with Crippen molar-refractivity contribution in [1.29, 1.82) is 0 Å². The summed E-state index contributed by atoms with van der Waals surface area (Å²) in [4.78, 5) is 51.0. The number of rotatable bonds is 2. The van der Waals surface area contributed by atoms with Crippen LogP contribution >= 0.6 is 11.3 Å². The number of nitrogens with zero attached hydrogens (tertiary/aromatic N) is 4. The number of carbonyl (C=O) groups is 1. The van der Waals surface area contributed by atoms with Crippen molar-refractivity contribution in [2.75, 3.05) is 13.1 Å². The second-order valence-electron chi connectivity index (χ2n) is 7.01. The predicted octanol–water partition coefficient (Wildman–Crippen LogP) is 2.17. The van der Waals surface area contributed by atoms with E-state index in [1.54, 1.807) is 17.0 Å². The third-order valence-corrected chi connectivity index (χ3v) is 6.32. The lowest BCUT2D eigenvalue weighted by Gasteiger charge is -2.31. The number of fused-ring (bicyclic) bond motifs is 2. The molecule has 0 atom stereocenters. The molecule has 1 fully saturated rings. The van der Waals surface area contributed by atoms with Crippen LogP contribution in [0.25, 0.3) is 21.3 Å². The molecule has 146 valence electrons. The van der Waals surface area contributed by atoms with Crippen LogP contribution in [0.2, 0.25) is 0 Å². The van der Waals surface area contributed by atoms with E-state index in [4.69, 9.17) is 0 Å². The molecule has 8 nitrogen and oxygen atoms in total. The lowest BCUT2D eigenvalue weighted by atomic mass is 10.0. The normalized spacial score (nSPS) is 15.2. The monoisotopic (exact) mass is 407 g/mol. The minimum atomic E-state index is -0.461. The predicted molar refractivity (Wildman–Crippen MR) is 110 cm³/mol. The van der Waals surface area contributed by atoms with Gasteiger partial charge in [0.15, 0.2) is 5.01 Å². The molecule has 0 spiro atoms. The summed E-state index contributed by atoms with van der Waals surface area (Å²) in [6.07, 6.45) is 2.60. The number of amides is 1. The first kappa shape index (κ1) is 17.7. The maximum atomic E-state index is 12.9. The van der Waals surface area contributed by atoms with E-state index in [9.17, 15) is 14.4 Å². The molecule has 1 saturated heterocycles. The average Bonchev–Trinajstić information content (AvgIpc) is 3.18. The van der Waals surface area contributed by atoms with Crippen molar-refractivity contribution < 1.29 is 4.79 Å². The van der Waals surface area contributed by atoms with E-state index >= 15 is 0 Å². The largest absolute Gasteiger partial charge is 0.336 e. The van der Waals surface area contributed by atoms with Gasteiger partial charge in [-0.1, -0.05) is 12.1 Å². The number of nitrogens with one attached hydrogen (secondary N) is 1. The van der Waals surface area contributed by atoms with E-state index in [2.05, 4.69) is 15.0 Å². The SMILES string of the molecule is O=C(c1nc2ccccc2s1)N1CCC(n2c(=O)[nH]c3ncccc3c2=O)CC1. The molecule has 1 aliphatic rings. The zero-order chi connectivity index (χ0) is 20.0. The van der Waals surface area contributed by atoms with Crippen LogP contribution in [0.1, 0.15) is 28.7 Å². The summed E-state index contributed by atoms with van der Waals surface area (Å²) in [6.45, 7) is 0.937. The molecule has 0 radical (unpaired) electrons. The number of para-hydroxylation sites is 1. The Bertz CT molecular complexity index is 1310. The maximum Gasteiger partial charge on any atom is 0.330 e. The molecule has 4 heterocycles. The molecule has 4 aromatic rings. The Morgan fingerprint density at radius 1 is 1.10 bits per heavy atom. The van der Waals surface area contributed by atoms with Crippen LogP contribution in [0.5, 0.6) is 0 Å². The van der Waals surface area contributed by atoms with Crippen molar-refractivity contribution in [3.05, 3.63) is 68.4 Å². The van der Waals surface area contributed by atoms with Gasteiger partial charge in [0.2, 0.25) is 0 Å². The maximum absolute atomic E-state index is 12.9. The van der Waals surface area contributed by atoms with Crippen LogP contribution < -0.4 is 11.2 Å². The summed E-state index contributed by atoms with van der Waals surface area (Å²) in [7, 11) is 0. The van der Waals surface area contributed by atoms with Gasteiger partial charge in [-0.25, -0.2) is 14.8 Å². The van der Waals surface area contributed by atoms with E-state index < -0.39 is 5.69 Å². The second-order valence-corrected chi connectivity index (χ2v) is 8.05. The molecule has 1 amide bonds. The van der Waals surface area contributed by atoms with Crippen LogP contribution in [0.3, 0.4) is 0 Å². The highest BCUT2D eigenvalue weighted by atomic mass is 32.1. The number of hydrogen-bond acceptors (Lipinski definition) is 6. The molecule has 0 aliphatic carbocycles. The topological polar surface area (TPSA) is 101 Å². The number of thiazole rings is 1. The molecule has 1 N–H and O–H groups in total. The van der Waals surface area contributed by atoms with Crippen LogP contribution in [-0.2, 0) is 0 Å². The third-order valence-electron chi connectivity index (χ3n) is 5.29. The minimum absolute atomic E-state index is 0.103. The number of benzene rings is 1. The zero-order valence-electron chi connectivity index (χ0n) is 15.4. The van der Waals surface area contributed by atoms with Gasteiger partial charge in [0.25, 0.3) is 11.5 Å². The van der Waals surface area contributed by atoms with Crippen LogP contribution in [0, 0.1) is 0 Å². The Kier molecular flexibility index (Phi) is 4.24. The third kappa shape index (κ3) is 3.03. The summed E-state index contributed by atoms with van der Waals surface area (Å²) in [5.74, 6) is -0.103. The van der Waals surface area contributed by atoms with E-state index in [1.807, 2.05) is 24.3 Å². The van der Waals surface area contributed by atoms with Gasteiger partial charge in [0.05, 0.1) is 15.6 Å². The highest BCUT2D eigenvalue weighted by Gasteiger charge is 2.28. The Labute approximate surface area is 168 Å². The summed E-state index contributed by atoms with van der Waals surface area (Å²) in [6, 6.07) is 10.7. The first-order valence-corrected chi connectivity index (χ1v) is 10.2. The zero-order valence-corrected chi connectivity index (χ0v) is 16.2. The molecular formula is C20H17N5O3S. The van der Waals surface area contributed by atoms with Gasteiger partial charge in [-0.15, -0.1) is 11.3 Å². The fraction of sp³-hybridized carbons (Fsp3) is 0.250. The summed E-state index contributed by atoms with van der Waals surface area (Å²) in [5, 5.41) is 0.858. The van der Waals surface area contributed by atoms with Crippen molar-refractivity contribution in [3.63, 3.8) is 0 Å².